The van der Waals surface area contributed by atoms with Gasteiger partial charge in [-0.3, -0.25) is 0 Å². The third-order valence-corrected chi connectivity index (χ3v) is 3.18. The molecule has 1 aliphatic rings. The van der Waals surface area contributed by atoms with Crippen molar-refractivity contribution in [2.45, 2.75) is 70.6 Å². The molecule has 1 aliphatic carbocycles. The van der Waals surface area contributed by atoms with Crippen LogP contribution in [0.4, 0.5) is 0 Å². The van der Waals surface area contributed by atoms with Crippen molar-refractivity contribution in [2.75, 3.05) is 0 Å². The van der Waals surface area contributed by atoms with Gasteiger partial charge in [-0.05, 0) is 46.0 Å². The van der Waals surface area contributed by atoms with Crippen molar-refractivity contribution in [1.29, 1.82) is 0 Å². The Kier molecular flexibility index (Phi) is 3.74. The molecule has 2 nitrogen and oxygen atoms in total. The van der Waals surface area contributed by atoms with Crippen LogP contribution < -0.4 is 5.32 Å². The minimum absolute atomic E-state index is 0.0391. The van der Waals surface area contributed by atoms with Crippen LogP contribution in [0, 0.1) is 0 Å². The number of hydrogen-bond donors (Lipinski definition) is 2. The zero-order valence-electron chi connectivity index (χ0n) is 9.14. The molecule has 0 heterocycles. The van der Waals surface area contributed by atoms with E-state index in [-0.39, 0.29) is 11.6 Å². The molecule has 1 rings (SSSR count). The van der Waals surface area contributed by atoms with Crippen molar-refractivity contribution in [3.63, 3.8) is 0 Å². The molecule has 0 aromatic heterocycles. The molecule has 0 aliphatic heterocycles. The molecular weight excluding hydrogens is 162 g/mol. The van der Waals surface area contributed by atoms with E-state index in [0.717, 1.165) is 32.1 Å². The summed E-state index contributed by atoms with van der Waals surface area (Å²) in [6.45, 7) is 6.71. The van der Waals surface area contributed by atoms with Crippen LogP contribution in [0.3, 0.4) is 0 Å². The maximum absolute atomic E-state index is 9.35. The molecule has 0 amide bonds. The second-order valence-corrected chi connectivity index (χ2v) is 4.89. The molecule has 1 fully saturated rings. The lowest BCUT2D eigenvalue weighted by molar-refractivity contribution is 0.109. The van der Waals surface area contributed by atoms with Crippen molar-refractivity contribution in [1.82, 2.24) is 5.32 Å². The van der Waals surface area contributed by atoms with Crippen LogP contribution >= 0.6 is 0 Å². The third-order valence-electron chi connectivity index (χ3n) is 3.18. The first-order valence-electron chi connectivity index (χ1n) is 5.49. The van der Waals surface area contributed by atoms with Gasteiger partial charge in [0.15, 0.2) is 0 Å². The van der Waals surface area contributed by atoms with E-state index in [2.05, 4.69) is 26.1 Å². The van der Waals surface area contributed by atoms with E-state index in [1.165, 1.54) is 0 Å². The Morgan fingerprint density at radius 3 is 2.23 bits per heavy atom. The van der Waals surface area contributed by atoms with Crippen LogP contribution in [-0.2, 0) is 0 Å². The molecule has 13 heavy (non-hydrogen) atoms. The molecule has 78 valence electrons. The SMILES string of the molecule is CCC(C)(C)N[C@H]1CC[C@H](O)CC1. The fraction of sp³-hybridized carbons (Fsp3) is 1.00. The highest BCUT2D eigenvalue weighted by Gasteiger charge is 2.24. The summed E-state index contributed by atoms with van der Waals surface area (Å²) in [6.07, 6.45) is 5.32. The Morgan fingerprint density at radius 2 is 1.77 bits per heavy atom. The van der Waals surface area contributed by atoms with Gasteiger partial charge in [-0.15, -0.1) is 0 Å². The molecule has 0 aromatic carbocycles. The van der Waals surface area contributed by atoms with Gasteiger partial charge in [0.05, 0.1) is 6.10 Å². The topological polar surface area (TPSA) is 32.3 Å². The normalized spacial score (nSPS) is 30.5. The highest BCUT2D eigenvalue weighted by molar-refractivity contribution is 4.84. The summed E-state index contributed by atoms with van der Waals surface area (Å²) in [7, 11) is 0. The second-order valence-electron chi connectivity index (χ2n) is 4.89. The predicted molar refractivity (Wildman–Crippen MR) is 55.8 cm³/mol. The summed E-state index contributed by atoms with van der Waals surface area (Å²) < 4.78 is 0. The number of rotatable bonds is 3. The van der Waals surface area contributed by atoms with Crippen LogP contribution in [0.15, 0.2) is 0 Å². The minimum Gasteiger partial charge on any atom is -0.393 e. The van der Waals surface area contributed by atoms with Crippen molar-refractivity contribution in [3.05, 3.63) is 0 Å². The van der Waals surface area contributed by atoms with Crippen LogP contribution in [0.2, 0.25) is 0 Å². The maximum Gasteiger partial charge on any atom is 0.0541 e. The van der Waals surface area contributed by atoms with Gasteiger partial charge in [-0.25, -0.2) is 0 Å². The second kappa shape index (κ2) is 4.43. The zero-order chi connectivity index (χ0) is 9.90. The smallest absolute Gasteiger partial charge is 0.0541 e. The molecular formula is C11H23NO. The molecule has 0 unspecified atom stereocenters. The number of hydrogen-bond acceptors (Lipinski definition) is 2. The largest absolute Gasteiger partial charge is 0.393 e. The van der Waals surface area contributed by atoms with E-state index < -0.39 is 0 Å². The van der Waals surface area contributed by atoms with Crippen LogP contribution in [0.1, 0.15) is 52.9 Å². The molecule has 2 N–H and O–H groups in total. The monoisotopic (exact) mass is 185 g/mol. The average molecular weight is 185 g/mol. The van der Waals surface area contributed by atoms with Crippen LogP contribution in [0.25, 0.3) is 0 Å². The van der Waals surface area contributed by atoms with E-state index in [1.54, 1.807) is 0 Å². The van der Waals surface area contributed by atoms with Crippen LogP contribution in [0.5, 0.6) is 0 Å². The van der Waals surface area contributed by atoms with Gasteiger partial charge >= 0.3 is 0 Å². The molecule has 2 heteroatoms. The summed E-state index contributed by atoms with van der Waals surface area (Å²) in [5.41, 5.74) is 0.257. The summed E-state index contributed by atoms with van der Waals surface area (Å²) in [4.78, 5) is 0. The Labute approximate surface area is 81.7 Å². The summed E-state index contributed by atoms with van der Waals surface area (Å²) >= 11 is 0. The van der Waals surface area contributed by atoms with E-state index >= 15 is 0 Å². The number of aliphatic hydroxyl groups excluding tert-OH is 1. The quantitative estimate of drug-likeness (QED) is 0.705. The standard InChI is InChI=1S/C11H23NO/c1-4-11(2,3)12-9-5-7-10(13)8-6-9/h9-10,12-13H,4-8H2,1-3H3/t9-,10-. The molecule has 0 aromatic rings. The van der Waals surface area contributed by atoms with Crippen LogP contribution in [-0.4, -0.2) is 22.8 Å². The molecule has 0 atom stereocenters. The maximum atomic E-state index is 9.35. The van der Waals surface area contributed by atoms with Crippen molar-refractivity contribution in [3.8, 4) is 0 Å². The van der Waals surface area contributed by atoms with E-state index in [4.69, 9.17) is 0 Å². The van der Waals surface area contributed by atoms with Gasteiger partial charge in [-0.2, -0.15) is 0 Å². The Morgan fingerprint density at radius 1 is 1.23 bits per heavy atom. The zero-order valence-corrected chi connectivity index (χ0v) is 9.14. The predicted octanol–water partition coefficient (Wildman–Crippen LogP) is 2.07. The molecule has 0 bridgehead atoms. The Hall–Kier alpha value is -0.0800. The van der Waals surface area contributed by atoms with Gasteiger partial charge in [0, 0.05) is 11.6 Å². The van der Waals surface area contributed by atoms with E-state index in [9.17, 15) is 5.11 Å². The Balaban J connectivity index is 2.30. The fourth-order valence-electron chi connectivity index (χ4n) is 1.87. The highest BCUT2D eigenvalue weighted by Crippen LogP contribution is 2.21. The molecule has 0 radical (unpaired) electrons. The van der Waals surface area contributed by atoms with Gasteiger partial charge < -0.3 is 10.4 Å². The van der Waals surface area contributed by atoms with E-state index in [1.807, 2.05) is 0 Å². The molecule has 0 spiro atoms. The van der Waals surface area contributed by atoms with Gasteiger partial charge in [0.25, 0.3) is 0 Å². The third kappa shape index (κ3) is 3.65. The first kappa shape index (κ1) is 11.0. The minimum atomic E-state index is -0.0391. The fourth-order valence-corrected chi connectivity index (χ4v) is 1.87. The van der Waals surface area contributed by atoms with Crippen molar-refractivity contribution in [2.24, 2.45) is 0 Å². The molecule has 0 saturated heterocycles. The van der Waals surface area contributed by atoms with Gasteiger partial charge in [0.1, 0.15) is 0 Å². The van der Waals surface area contributed by atoms with Crippen molar-refractivity contribution < 1.29 is 5.11 Å². The van der Waals surface area contributed by atoms with Gasteiger partial charge in [0.2, 0.25) is 0 Å². The lowest BCUT2D eigenvalue weighted by atomic mass is 9.90. The lowest BCUT2D eigenvalue weighted by Gasteiger charge is -2.34. The lowest BCUT2D eigenvalue weighted by Crippen LogP contribution is -2.47. The number of nitrogens with one attached hydrogen (secondary N) is 1. The van der Waals surface area contributed by atoms with Crippen molar-refractivity contribution >= 4 is 0 Å². The average Bonchev–Trinajstić information content (AvgIpc) is 2.09. The van der Waals surface area contributed by atoms with E-state index in [0.29, 0.717) is 6.04 Å². The van der Waals surface area contributed by atoms with Gasteiger partial charge in [-0.1, -0.05) is 6.92 Å². The first-order chi connectivity index (χ1) is 6.03. The summed E-state index contributed by atoms with van der Waals surface area (Å²) in [5.74, 6) is 0. The number of aliphatic hydroxyl groups is 1. The highest BCUT2D eigenvalue weighted by atomic mass is 16.3. The summed E-state index contributed by atoms with van der Waals surface area (Å²) in [6, 6.07) is 0.623. The Bertz CT molecular complexity index is 148. The summed E-state index contributed by atoms with van der Waals surface area (Å²) in [5, 5.41) is 13.0. The molecule has 1 saturated carbocycles. The first-order valence-corrected chi connectivity index (χ1v) is 5.49.